The summed E-state index contributed by atoms with van der Waals surface area (Å²) in [6.45, 7) is 0.952. The Morgan fingerprint density at radius 1 is 1.14 bits per heavy atom. The lowest BCUT2D eigenvalue weighted by atomic mass is 9.93. The van der Waals surface area contributed by atoms with Gasteiger partial charge in [0.1, 0.15) is 6.54 Å². The number of anilines is 1. The highest BCUT2D eigenvalue weighted by Crippen LogP contribution is 2.36. The number of amides is 1. The Labute approximate surface area is 134 Å². The maximum absolute atomic E-state index is 12.4. The summed E-state index contributed by atoms with van der Waals surface area (Å²) in [6.07, 6.45) is 1.92. The van der Waals surface area contributed by atoms with Crippen molar-refractivity contribution in [3.8, 4) is 0 Å². The number of aliphatic imine (C=N–C) groups is 1. The monoisotopic (exact) mass is 310 g/mol. The highest BCUT2D eigenvalue weighted by molar-refractivity contribution is 6.32. The molecular formula is C18H15ClN2O. The SMILES string of the molecule is O=C1CN=C(c2ccccc2)c2cc(Cl)cc3c2N1CCC3. The molecule has 0 atom stereocenters. The third-order valence-corrected chi connectivity index (χ3v) is 4.45. The van der Waals surface area contributed by atoms with E-state index in [1.165, 1.54) is 0 Å². The molecule has 0 unspecified atom stereocenters. The molecule has 4 heteroatoms. The fourth-order valence-electron chi connectivity index (χ4n) is 3.29. The van der Waals surface area contributed by atoms with Crippen molar-refractivity contribution in [2.45, 2.75) is 12.8 Å². The van der Waals surface area contributed by atoms with Crippen molar-refractivity contribution in [3.63, 3.8) is 0 Å². The number of benzene rings is 2. The number of rotatable bonds is 1. The second-order valence-corrected chi connectivity index (χ2v) is 6.08. The van der Waals surface area contributed by atoms with E-state index in [0.29, 0.717) is 5.02 Å². The fraction of sp³-hybridized carbons (Fsp3) is 0.222. The molecule has 2 aliphatic rings. The molecule has 0 saturated heterocycles. The van der Waals surface area contributed by atoms with E-state index in [1.807, 2.05) is 47.4 Å². The van der Waals surface area contributed by atoms with E-state index in [2.05, 4.69) is 4.99 Å². The lowest BCUT2D eigenvalue weighted by Crippen LogP contribution is -2.36. The van der Waals surface area contributed by atoms with E-state index in [9.17, 15) is 4.79 Å². The van der Waals surface area contributed by atoms with E-state index in [-0.39, 0.29) is 12.5 Å². The zero-order valence-electron chi connectivity index (χ0n) is 12.1. The lowest BCUT2D eigenvalue weighted by Gasteiger charge is -2.30. The maximum atomic E-state index is 12.4. The Morgan fingerprint density at radius 2 is 1.95 bits per heavy atom. The molecular weight excluding hydrogens is 296 g/mol. The number of hydrogen-bond donors (Lipinski definition) is 0. The van der Waals surface area contributed by atoms with Gasteiger partial charge in [-0.15, -0.1) is 0 Å². The van der Waals surface area contributed by atoms with E-state index >= 15 is 0 Å². The van der Waals surface area contributed by atoms with Crippen LogP contribution in [0.2, 0.25) is 5.02 Å². The second kappa shape index (κ2) is 5.25. The number of carbonyl (C=O) groups is 1. The Bertz CT molecular complexity index is 783. The third-order valence-electron chi connectivity index (χ3n) is 4.23. The molecule has 0 aliphatic carbocycles. The summed E-state index contributed by atoms with van der Waals surface area (Å²) in [5.74, 6) is 0.0652. The molecule has 0 N–H and O–H groups in total. The summed E-state index contributed by atoms with van der Waals surface area (Å²) in [5, 5.41) is 0.702. The number of hydrogen-bond acceptors (Lipinski definition) is 2. The van der Waals surface area contributed by atoms with Crippen LogP contribution in [0.5, 0.6) is 0 Å². The largest absolute Gasteiger partial charge is 0.310 e. The average molecular weight is 311 g/mol. The van der Waals surface area contributed by atoms with Gasteiger partial charge in [-0.3, -0.25) is 9.79 Å². The van der Waals surface area contributed by atoms with Crippen molar-refractivity contribution < 1.29 is 4.79 Å². The lowest BCUT2D eigenvalue weighted by molar-refractivity contribution is -0.117. The van der Waals surface area contributed by atoms with E-state index < -0.39 is 0 Å². The van der Waals surface area contributed by atoms with Crippen molar-refractivity contribution in [1.82, 2.24) is 0 Å². The Balaban J connectivity index is 1.99. The molecule has 2 aromatic rings. The predicted molar refractivity (Wildman–Crippen MR) is 89.1 cm³/mol. The fourth-order valence-corrected chi connectivity index (χ4v) is 3.54. The normalized spacial score (nSPS) is 16.9. The molecule has 22 heavy (non-hydrogen) atoms. The molecule has 2 aliphatic heterocycles. The zero-order valence-corrected chi connectivity index (χ0v) is 12.8. The first-order chi connectivity index (χ1) is 10.7. The van der Waals surface area contributed by atoms with Crippen LogP contribution in [0.3, 0.4) is 0 Å². The molecule has 0 bridgehead atoms. The minimum atomic E-state index is 0.0652. The molecule has 0 fully saturated rings. The molecule has 0 spiro atoms. The van der Waals surface area contributed by atoms with Crippen LogP contribution >= 0.6 is 11.6 Å². The molecule has 2 heterocycles. The summed E-state index contributed by atoms with van der Waals surface area (Å²) in [5.41, 5.74) is 5.00. The maximum Gasteiger partial charge on any atom is 0.248 e. The van der Waals surface area contributed by atoms with Crippen molar-refractivity contribution in [1.29, 1.82) is 0 Å². The Morgan fingerprint density at radius 3 is 2.77 bits per heavy atom. The first-order valence-corrected chi connectivity index (χ1v) is 7.85. The molecule has 3 nitrogen and oxygen atoms in total. The van der Waals surface area contributed by atoms with E-state index in [4.69, 9.17) is 11.6 Å². The van der Waals surface area contributed by atoms with Gasteiger partial charge in [0.2, 0.25) is 5.91 Å². The van der Waals surface area contributed by atoms with Gasteiger partial charge in [0.25, 0.3) is 0 Å². The van der Waals surface area contributed by atoms with Crippen molar-refractivity contribution in [3.05, 3.63) is 64.2 Å². The molecule has 0 radical (unpaired) electrons. The van der Waals surface area contributed by atoms with Crippen molar-refractivity contribution >= 4 is 28.9 Å². The molecule has 0 saturated carbocycles. The summed E-state index contributed by atoms with van der Waals surface area (Å²) < 4.78 is 0. The van der Waals surface area contributed by atoms with Gasteiger partial charge < -0.3 is 4.90 Å². The second-order valence-electron chi connectivity index (χ2n) is 5.64. The average Bonchev–Trinajstić information content (AvgIpc) is 2.67. The Hall–Kier alpha value is -2.13. The summed E-state index contributed by atoms with van der Waals surface area (Å²) >= 11 is 6.32. The smallest absolute Gasteiger partial charge is 0.248 e. The minimum absolute atomic E-state index is 0.0652. The summed E-state index contributed by atoms with van der Waals surface area (Å²) in [7, 11) is 0. The molecule has 2 aromatic carbocycles. The van der Waals surface area contributed by atoms with Crippen LogP contribution in [0.25, 0.3) is 0 Å². The van der Waals surface area contributed by atoms with Crippen LogP contribution in [0.1, 0.15) is 23.1 Å². The van der Waals surface area contributed by atoms with Gasteiger partial charge in [-0.25, -0.2) is 0 Å². The Kier molecular flexibility index (Phi) is 3.23. The van der Waals surface area contributed by atoms with Gasteiger partial charge >= 0.3 is 0 Å². The van der Waals surface area contributed by atoms with Crippen LogP contribution in [-0.2, 0) is 11.2 Å². The number of nitrogens with zero attached hydrogens (tertiary/aromatic N) is 2. The van der Waals surface area contributed by atoms with Crippen LogP contribution in [0.4, 0.5) is 5.69 Å². The molecule has 0 aromatic heterocycles. The van der Waals surface area contributed by atoms with Crippen LogP contribution in [-0.4, -0.2) is 24.7 Å². The molecule has 1 amide bonds. The van der Waals surface area contributed by atoms with Gasteiger partial charge in [-0.1, -0.05) is 41.9 Å². The molecule has 110 valence electrons. The van der Waals surface area contributed by atoms with Gasteiger partial charge in [-0.2, -0.15) is 0 Å². The quantitative estimate of drug-likeness (QED) is 0.794. The van der Waals surface area contributed by atoms with Gasteiger partial charge in [0, 0.05) is 22.7 Å². The zero-order chi connectivity index (χ0) is 15.1. The first-order valence-electron chi connectivity index (χ1n) is 7.47. The third kappa shape index (κ3) is 2.13. The number of carbonyl (C=O) groups excluding carboxylic acids is 1. The van der Waals surface area contributed by atoms with Crippen LogP contribution in [0.15, 0.2) is 47.5 Å². The van der Waals surface area contributed by atoms with Gasteiger partial charge in [-0.05, 0) is 30.5 Å². The number of halogens is 1. The predicted octanol–water partition coefficient (Wildman–Crippen LogP) is 3.47. The summed E-state index contributed by atoms with van der Waals surface area (Å²) in [4.78, 5) is 18.9. The highest BCUT2D eigenvalue weighted by atomic mass is 35.5. The topological polar surface area (TPSA) is 32.7 Å². The number of aryl methyl sites for hydroxylation is 1. The van der Waals surface area contributed by atoms with Crippen LogP contribution in [0, 0.1) is 0 Å². The standard InChI is InChI=1S/C18H15ClN2O/c19-14-9-13-7-4-8-21-16(22)11-20-17(15(10-14)18(13)21)12-5-2-1-3-6-12/h1-3,5-6,9-10H,4,7-8,11H2. The summed E-state index contributed by atoms with van der Waals surface area (Å²) in [6, 6.07) is 13.9. The van der Waals surface area contributed by atoms with Gasteiger partial charge in [0.15, 0.2) is 0 Å². The van der Waals surface area contributed by atoms with Crippen molar-refractivity contribution in [2.24, 2.45) is 4.99 Å². The van der Waals surface area contributed by atoms with Crippen LogP contribution < -0.4 is 4.90 Å². The van der Waals surface area contributed by atoms with Gasteiger partial charge in [0.05, 0.1) is 11.4 Å². The van der Waals surface area contributed by atoms with E-state index in [0.717, 1.165) is 47.5 Å². The minimum Gasteiger partial charge on any atom is -0.310 e. The van der Waals surface area contributed by atoms with Crippen molar-refractivity contribution in [2.75, 3.05) is 18.0 Å². The highest BCUT2D eigenvalue weighted by Gasteiger charge is 2.30. The van der Waals surface area contributed by atoms with E-state index in [1.54, 1.807) is 0 Å². The molecule has 4 rings (SSSR count). The first kappa shape index (κ1) is 13.5.